The van der Waals surface area contributed by atoms with Gasteiger partial charge in [0, 0.05) is 28.4 Å². The van der Waals surface area contributed by atoms with Gasteiger partial charge < -0.3 is 10.6 Å². The molecule has 2 amide bonds. The summed E-state index contributed by atoms with van der Waals surface area (Å²) < 4.78 is 12.9. The quantitative estimate of drug-likeness (QED) is 0.674. The van der Waals surface area contributed by atoms with E-state index in [4.69, 9.17) is 11.6 Å². The van der Waals surface area contributed by atoms with Crippen molar-refractivity contribution in [3.63, 3.8) is 0 Å². The molecule has 136 valence electrons. The minimum atomic E-state index is -0.382. The largest absolute Gasteiger partial charge is 0.348 e. The van der Waals surface area contributed by atoms with E-state index < -0.39 is 0 Å². The minimum absolute atomic E-state index is 0.290. The number of anilines is 1. The van der Waals surface area contributed by atoms with E-state index in [1.807, 2.05) is 12.1 Å². The average Bonchev–Trinajstić information content (AvgIpc) is 2.69. The highest BCUT2D eigenvalue weighted by Crippen LogP contribution is 2.13. The molecule has 0 unspecified atom stereocenters. The number of carbonyl (C=O) groups excluding carboxylic acids is 2. The lowest BCUT2D eigenvalue weighted by Gasteiger charge is -2.08. The van der Waals surface area contributed by atoms with Gasteiger partial charge in [-0.25, -0.2) is 4.39 Å². The van der Waals surface area contributed by atoms with E-state index in [0.29, 0.717) is 28.4 Å². The molecule has 6 heteroatoms. The topological polar surface area (TPSA) is 58.2 Å². The minimum Gasteiger partial charge on any atom is -0.348 e. The number of halogens is 2. The van der Waals surface area contributed by atoms with Gasteiger partial charge in [-0.3, -0.25) is 9.59 Å². The second kappa shape index (κ2) is 8.47. The maximum Gasteiger partial charge on any atom is 0.255 e. The molecule has 0 heterocycles. The number of amides is 2. The van der Waals surface area contributed by atoms with E-state index in [-0.39, 0.29) is 17.6 Å². The lowest BCUT2D eigenvalue weighted by molar-refractivity contribution is 0.0951. The van der Waals surface area contributed by atoms with Crippen LogP contribution in [-0.2, 0) is 6.54 Å². The summed E-state index contributed by atoms with van der Waals surface area (Å²) in [6.45, 7) is 0.349. The first-order chi connectivity index (χ1) is 13.0. The molecule has 0 fully saturated rings. The van der Waals surface area contributed by atoms with Crippen LogP contribution in [0, 0.1) is 5.82 Å². The number of benzene rings is 3. The van der Waals surface area contributed by atoms with Crippen LogP contribution in [0.15, 0.2) is 72.8 Å². The summed E-state index contributed by atoms with van der Waals surface area (Å²) in [5, 5.41) is 6.10. The highest BCUT2D eigenvalue weighted by Gasteiger charge is 2.11. The van der Waals surface area contributed by atoms with Gasteiger partial charge in [0.05, 0.1) is 0 Å². The summed E-state index contributed by atoms with van der Waals surface area (Å²) in [6.07, 6.45) is 0. The summed E-state index contributed by atoms with van der Waals surface area (Å²) in [5.41, 5.74) is 2.09. The zero-order chi connectivity index (χ0) is 19.2. The number of hydrogen-bond donors (Lipinski definition) is 2. The molecule has 0 aromatic heterocycles. The highest BCUT2D eigenvalue weighted by molar-refractivity contribution is 6.30. The Morgan fingerprint density at radius 3 is 2.15 bits per heavy atom. The lowest BCUT2D eigenvalue weighted by Crippen LogP contribution is -2.23. The summed E-state index contributed by atoms with van der Waals surface area (Å²) >= 11 is 5.84. The van der Waals surface area contributed by atoms with Crippen molar-refractivity contribution in [2.24, 2.45) is 0 Å². The normalized spacial score (nSPS) is 10.3. The third-order valence-corrected chi connectivity index (χ3v) is 4.11. The van der Waals surface area contributed by atoms with Gasteiger partial charge in [-0.15, -0.1) is 0 Å². The SMILES string of the molecule is O=C(NCc1ccc(Cl)cc1)c1cccc(C(=O)Nc2ccc(F)cc2)c1. The summed E-state index contributed by atoms with van der Waals surface area (Å²) in [5.74, 6) is -1.05. The number of nitrogens with one attached hydrogen (secondary N) is 2. The van der Waals surface area contributed by atoms with Crippen molar-refractivity contribution < 1.29 is 14.0 Å². The second-order valence-corrected chi connectivity index (χ2v) is 6.29. The fourth-order valence-electron chi connectivity index (χ4n) is 2.42. The lowest BCUT2D eigenvalue weighted by atomic mass is 10.1. The fraction of sp³-hybridized carbons (Fsp3) is 0.0476. The summed E-state index contributed by atoms with van der Waals surface area (Å²) in [7, 11) is 0. The molecule has 3 aromatic rings. The van der Waals surface area contributed by atoms with Gasteiger partial charge in [0.15, 0.2) is 0 Å². The Balaban J connectivity index is 1.65. The van der Waals surface area contributed by atoms with Crippen LogP contribution in [0.5, 0.6) is 0 Å². The number of rotatable bonds is 5. The molecule has 0 atom stereocenters. The van der Waals surface area contributed by atoms with Crippen LogP contribution < -0.4 is 10.6 Å². The van der Waals surface area contributed by atoms with Gasteiger partial charge >= 0.3 is 0 Å². The summed E-state index contributed by atoms with van der Waals surface area (Å²) in [6, 6.07) is 19.0. The smallest absolute Gasteiger partial charge is 0.255 e. The molecule has 0 aliphatic carbocycles. The average molecular weight is 383 g/mol. The third kappa shape index (κ3) is 5.15. The van der Waals surface area contributed by atoms with Crippen molar-refractivity contribution in [2.45, 2.75) is 6.54 Å². The Morgan fingerprint density at radius 1 is 0.852 bits per heavy atom. The van der Waals surface area contributed by atoms with E-state index in [2.05, 4.69) is 10.6 Å². The predicted octanol–water partition coefficient (Wildman–Crippen LogP) is 4.66. The van der Waals surface area contributed by atoms with Gasteiger partial charge in [-0.05, 0) is 60.2 Å². The molecular formula is C21H16ClFN2O2. The zero-order valence-electron chi connectivity index (χ0n) is 14.2. The van der Waals surface area contributed by atoms with Crippen molar-refractivity contribution in [1.82, 2.24) is 5.32 Å². The highest BCUT2D eigenvalue weighted by atomic mass is 35.5. The monoisotopic (exact) mass is 382 g/mol. The molecule has 0 aliphatic rings. The molecule has 0 aliphatic heterocycles. The molecule has 0 saturated heterocycles. The second-order valence-electron chi connectivity index (χ2n) is 5.85. The number of carbonyl (C=O) groups is 2. The first-order valence-electron chi connectivity index (χ1n) is 8.21. The first-order valence-corrected chi connectivity index (χ1v) is 8.59. The Labute approximate surface area is 161 Å². The predicted molar refractivity (Wildman–Crippen MR) is 103 cm³/mol. The first kappa shape index (κ1) is 18.6. The van der Waals surface area contributed by atoms with Crippen molar-refractivity contribution >= 4 is 29.1 Å². The van der Waals surface area contributed by atoms with Crippen molar-refractivity contribution in [3.05, 3.63) is 100 Å². The van der Waals surface area contributed by atoms with Crippen LogP contribution >= 0.6 is 11.6 Å². The number of hydrogen-bond acceptors (Lipinski definition) is 2. The standard InChI is InChI=1S/C21H16ClFN2O2/c22-17-6-4-14(5-7-17)13-24-20(26)15-2-1-3-16(12-15)21(27)25-19-10-8-18(23)9-11-19/h1-12H,13H2,(H,24,26)(H,25,27). The van der Waals surface area contributed by atoms with Crippen molar-refractivity contribution in [3.8, 4) is 0 Å². The zero-order valence-corrected chi connectivity index (χ0v) is 15.0. The maximum atomic E-state index is 12.9. The summed E-state index contributed by atoms with van der Waals surface area (Å²) in [4.78, 5) is 24.7. The van der Waals surface area contributed by atoms with Gasteiger partial charge in [-0.2, -0.15) is 0 Å². The molecular weight excluding hydrogens is 367 g/mol. The molecule has 3 aromatic carbocycles. The Bertz CT molecular complexity index is 957. The molecule has 27 heavy (non-hydrogen) atoms. The van der Waals surface area contributed by atoms with Gasteiger partial charge in [0.1, 0.15) is 5.82 Å². The van der Waals surface area contributed by atoms with Gasteiger partial charge in [0.25, 0.3) is 11.8 Å². The van der Waals surface area contributed by atoms with E-state index in [1.165, 1.54) is 30.3 Å². The van der Waals surface area contributed by atoms with Crippen LogP contribution in [0.25, 0.3) is 0 Å². The van der Waals surface area contributed by atoms with E-state index in [0.717, 1.165) is 5.56 Å². The molecule has 3 rings (SSSR count). The van der Waals surface area contributed by atoms with Crippen LogP contribution in [0.4, 0.5) is 10.1 Å². The van der Waals surface area contributed by atoms with E-state index in [9.17, 15) is 14.0 Å². The van der Waals surface area contributed by atoms with Crippen molar-refractivity contribution in [1.29, 1.82) is 0 Å². The fourth-order valence-corrected chi connectivity index (χ4v) is 2.55. The van der Waals surface area contributed by atoms with E-state index >= 15 is 0 Å². The Hall–Kier alpha value is -3.18. The third-order valence-electron chi connectivity index (χ3n) is 3.86. The van der Waals surface area contributed by atoms with Crippen molar-refractivity contribution in [2.75, 3.05) is 5.32 Å². The van der Waals surface area contributed by atoms with E-state index in [1.54, 1.807) is 30.3 Å². The van der Waals surface area contributed by atoms with Crippen LogP contribution in [0.3, 0.4) is 0 Å². The molecule has 0 spiro atoms. The molecule has 2 N–H and O–H groups in total. The Morgan fingerprint density at radius 2 is 1.48 bits per heavy atom. The maximum absolute atomic E-state index is 12.9. The molecule has 0 saturated carbocycles. The van der Waals surface area contributed by atoms with Gasteiger partial charge in [0.2, 0.25) is 0 Å². The molecule has 4 nitrogen and oxygen atoms in total. The molecule has 0 radical (unpaired) electrons. The van der Waals surface area contributed by atoms with Crippen LogP contribution in [-0.4, -0.2) is 11.8 Å². The van der Waals surface area contributed by atoms with Crippen LogP contribution in [0.2, 0.25) is 5.02 Å². The van der Waals surface area contributed by atoms with Gasteiger partial charge in [-0.1, -0.05) is 29.8 Å². The van der Waals surface area contributed by atoms with Crippen LogP contribution in [0.1, 0.15) is 26.3 Å². The molecule has 0 bridgehead atoms. The Kier molecular flexibility index (Phi) is 5.84.